The Bertz CT molecular complexity index is 347. The van der Waals surface area contributed by atoms with E-state index in [-0.39, 0.29) is 36.0 Å². The maximum Gasteiger partial charge on any atom is 0.291 e. The fourth-order valence-corrected chi connectivity index (χ4v) is 3.30. The van der Waals surface area contributed by atoms with Crippen molar-refractivity contribution in [2.45, 2.75) is 115 Å². The summed E-state index contributed by atoms with van der Waals surface area (Å²) >= 11 is 0. The maximum absolute atomic E-state index is 10.6. The molecule has 4 nitrogen and oxygen atoms in total. The van der Waals surface area contributed by atoms with E-state index < -0.39 is 15.6 Å². The molecule has 0 saturated carbocycles. The first-order chi connectivity index (χ1) is 11.0. The molecule has 0 spiro atoms. The van der Waals surface area contributed by atoms with Gasteiger partial charge in [-0.15, -0.1) is 0 Å². The predicted molar refractivity (Wildman–Crippen MR) is 103 cm³/mol. The van der Waals surface area contributed by atoms with Crippen LogP contribution < -0.4 is 0 Å². The summed E-state index contributed by atoms with van der Waals surface area (Å²) in [6, 6.07) is 0. The third-order valence-corrected chi connectivity index (χ3v) is 5.32. The van der Waals surface area contributed by atoms with E-state index in [9.17, 15) is 8.42 Å². The Labute approximate surface area is 172 Å². The molecular weight excluding hydrogens is 335 g/mol. The SMILES string of the molecule is CCCCCCCCCCCCCCCCCC(O)S(=O)(=O)O.[Na]. The average molecular weight is 374 g/mol. The molecule has 0 heterocycles. The first-order valence-electron chi connectivity index (χ1n) is 9.63. The second-order valence-corrected chi connectivity index (χ2v) is 8.28. The van der Waals surface area contributed by atoms with Crippen LogP contribution in [0.15, 0.2) is 0 Å². The number of aliphatic hydroxyl groups excluding tert-OH is 1. The molecule has 141 valence electrons. The summed E-state index contributed by atoms with van der Waals surface area (Å²) in [7, 11) is -4.27. The van der Waals surface area contributed by atoms with Crippen molar-refractivity contribution in [1.82, 2.24) is 0 Å². The number of unbranched alkanes of at least 4 members (excludes halogenated alkanes) is 14. The fraction of sp³-hybridized carbons (Fsp3) is 1.00. The van der Waals surface area contributed by atoms with Gasteiger partial charge >= 0.3 is 0 Å². The Hall–Kier alpha value is 0.870. The molecule has 1 radical (unpaired) electrons. The van der Waals surface area contributed by atoms with E-state index in [2.05, 4.69) is 6.92 Å². The van der Waals surface area contributed by atoms with Gasteiger partial charge in [-0.05, 0) is 12.8 Å². The van der Waals surface area contributed by atoms with Crippen molar-refractivity contribution in [1.29, 1.82) is 0 Å². The Morgan fingerprint density at radius 1 is 0.667 bits per heavy atom. The fourth-order valence-electron chi connectivity index (χ4n) is 2.84. The number of rotatable bonds is 17. The number of aliphatic hydroxyl groups is 1. The van der Waals surface area contributed by atoms with Gasteiger partial charge in [0.25, 0.3) is 10.1 Å². The molecule has 1 unspecified atom stereocenters. The van der Waals surface area contributed by atoms with Crippen LogP contribution in [0.25, 0.3) is 0 Å². The topological polar surface area (TPSA) is 74.6 Å². The molecule has 0 aliphatic rings. The van der Waals surface area contributed by atoms with Crippen molar-refractivity contribution < 1.29 is 18.1 Å². The molecule has 2 N–H and O–H groups in total. The molecule has 0 bridgehead atoms. The normalized spacial score (nSPS) is 12.8. The van der Waals surface area contributed by atoms with Gasteiger partial charge in [0, 0.05) is 29.6 Å². The van der Waals surface area contributed by atoms with Crippen LogP contribution in [0, 0.1) is 0 Å². The smallest absolute Gasteiger partial charge is 0.291 e. The zero-order chi connectivity index (χ0) is 17.4. The molecule has 0 aliphatic carbocycles. The molecular formula is C18H38NaO4S. The monoisotopic (exact) mass is 373 g/mol. The Morgan fingerprint density at radius 3 is 1.25 bits per heavy atom. The van der Waals surface area contributed by atoms with E-state index in [1.807, 2.05) is 0 Å². The number of hydrogen-bond donors (Lipinski definition) is 2. The second kappa shape index (κ2) is 18.7. The number of hydrogen-bond acceptors (Lipinski definition) is 3. The van der Waals surface area contributed by atoms with Gasteiger partial charge in [-0.25, -0.2) is 0 Å². The van der Waals surface area contributed by atoms with E-state index in [0.717, 1.165) is 12.8 Å². The minimum Gasteiger partial charge on any atom is -0.375 e. The summed E-state index contributed by atoms with van der Waals surface area (Å²) in [6.07, 6.45) is 18.9. The van der Waals surface area contributed by atoms with E-state index in [1.165, 1.54) is 77.0 Å². The molecule has 0 aromatic rings. The molecule has 0 amide bonds. The first kappa shape index (κ1) is 27.1. The van der Waals surface area contributed by atoms with Crippen molar-refractivity contribution in [3.05, 3.63) is 0 Å². The van der Waals surface area contributed by atoms with Gasteiger partial charge in [-0.2, -0.15) is 8.42 Å². The third-order valence-electron chi connectivity index (χ3n) is 4.40. The zero-order valence-electron chi connectivity index (χ0n) is 16.0. The van der Waals surface area contributed by atoms with Crippen molar-refractivity contribution in [3.63, 3.8) is 0 Å². The van der Waals surface area contributed by atoms with Crippen LogP contribution in [0.3, 0.4) is 0 Å². The maximum atomic E-state index is 10.6. The second-order valence-electron chi connectivity index (χ2n) is 6.71. The molecule has 0 aromatic heterocycles. The summed E-state index contributed by atoms with van der Waals surface area (Å²) in [5.74, 6) is 0. The minimum atomic E-state index is -4.27. The van der Waals surface area contributed by atoms with Crippen molar-refractivity contribution in [2.75, 3.05) is 0 Å². The van der Waals surface area contributed by atoms with Gasteiger partial charge in [0.05, 0.1) is 0 Å². The van der Waals surface area contributed by atoms with E-state index in [0.29, 0.717) is 6.42 Å². The Kier molecular flexibility index (Phi) is 21.1. The van der Waals surface area contributed by atoms with Crippen LogP contribution in [0.4, 0.5) is 0 Å². The van der Waals surface area contributed by atoms with E-state index >= 15 is 0 Å². The summed E-state index contributed by atoms with van der Waals surface area (Å²) in [4.78, 5) is 0. The van der Waals surface area contributed by atoms with Gasteiger partial charge in [0.15, 0.2) is 5.44 Å². The first-order valence-corrected chi connectivity index (χ1v) is 11.1. The van der Waals surface area contributed by atoms with Crippen molar-refractivity contribution >= 4 is 39.7 Å². The molecule has 0 fully saturated rings. The predicted octanol–water partition coefficient (Wildman–Crippen LogP) is 5.07. The van der Waals surface area contributed by atoms with Crippen molar-refractivity contribution in [3.8, 4) is 0 Å². The van der Waals surface area contributed by atoms with Gasteiger partial charge in [0.2, 0.25) is 0 Å². The van der Waals surface area contributed by atoms with Gasteiger partial charge in [-0.3, -0.25) is 4.55 Å². The Balaban J connectivity index is 0. The van der Waals surface area contributed by atoms with Crippen LogP contribution in [0.5, 0.6) is 0 Å². The molecule has 0 saturated heterocycles. The summed E-state index contributed by atoms with van der Waals surface area (Å²) in [6.45, 7) is 2.25. The molecule has 0 aromatic carbocycles. The standard InChI is InChI=1S/C18H38O4S.Na/c1-2-3-4-5-6-7-8-9-10-11-12-13-14-15-16-17-18(19)23(20,21)22;/h18-19H,2-17H2,1H3,(H,20,21,22);. The van der Waals surface area contributed by atoms with E-state index in [4.69, 9.17) is 9.66 Å². The molecule has 0 rings (SSSR count). The van der Waals surface area contributed by atoms with Crippen LogP contribution >= 0.6 is 0 Å². The molecule has 0 aliphatic heterocycles. The average Bonchev–Trinajstić information content (AvgIpc) is 2.50. The molecule has 6 heteroatoms. The van der Waals surface area contributed by atoms with E-state index in [1.54, 1.807) is 0 Å². The summed E-state index contributed by atoms with van der Waals surface area (Å²) in [5, 5.41) is 9.15. The van der Waals surface area contributed by atoms with Crippen LogP contribution in [-0.4, -0.2) is 53.1 Å². The van der Waals surface area contributed by atoms with Crippen LogP contribution in [0.2, 0.25) is 0 Å². The summed E-state index contributed by atoms with van der Waals surface area (Å²) < 4.78 is 29.9. The summed E-state index contributed by atoms with van der Waals surface area (Å²) in [5.41, 5.74) is -1.61. The van der Waals surface area contributed by atoms with Gasteiger partial charge in [-0.1, -0.05) is 96.8 Å². The van der Waals surface area contributed by atoms with Gasteiger partial charge in [0.1, 0.15) is 0 Å². The third kappa shape index (κ3) is 19.2. The van der Waals surface area contributed by atoms with Crippen molar-refractivity contribution in [2.24, 2.45) is 0 Å². The largest absolute Gasteiger partial charge is 0.375 e. The van der Waals surface area contributed by atoms with Crippen LogP contribution in [-0.2, 0) is 10.1 Å². The molecule has 24 heavy (non-hydrogen) atoms. The minimum absolute atomic E-state index is 0. The Morgan fingerprint density at radius 2 is 0.958 bits per heavy atom. The van der Waals surface area contributed by atoms with Crippen LogP contribution in [0.1, 0.15) is 110 Å². The van der Waals surface area contributed by atoms with Gasteiger partial charge < -0.3 is 5.11 Å². The quantitative estimate of drug-likeness (QED) is 0.212. The zero-order valence-corrected chi connectivity index (χ0v) is 18.8. The molecule has 1 atom stereocenters.